The van der Waals surface area contributed by atoms with Crippen molar-refractivity contribution in [3.8, 4) is 0 Å². The first-order chi connectivity index (χ1) is 8.58. The molecule has 1 amide bonds. The van der Waals surface area contributed by atoms with Gasteiger partial charge in [0.15, 0.2) is 5.78 Å². The van der Waals surface area contributed by atoms with Gasteiger partial charge in [-0.15, -0.1) is 11.3 Å². The molecule has 0 radical (unpaired) electrons. The normalized spacial score (nSPS) is 16.8. The molecule has 1 aromatic heterocycles. The SMILES string of the molecule is Cc1cc(C(=O)CN2CCCCCC2=O)c(C)s1. The van der Waals surface area contributed by atoms with Gasteiger partial charge in [-0.3, -0.25) is 9.59 Å². The first kappa shape index (κ1) is 13.3. The molecule has 0 N–H and O–H groups in total. The lowest BCUT2D eigenvalue weighted by Gasteiger charge is -2.19. The Morgan fingerprint density at radius 2 is 2.11 bits per heavy atom. The Morgan fingerprint density at radius 1 is 1.33 bits per heavy atom. The maximum Gasteiger partial charge on any atom is 0.222 e. The molecule has 1 saturated heterocycles. The molecule has 1 aromatic rings. The summed E-state index contributed by atoms with van der Waals surface area (Å²) >= 11 is 1.64. The van der Waals surface area contributed by atoms with Crippen LogP contribution in [0.2, 0.25) is 0 Å². The number of carbonyl (C=O) groups excluding carboxylic acids is 2. The van der Waals surface area contributed by atoms with Crippen LogP contribution in [0.5, 0.6) is 0 Å². The Hall–Kier alpha value is -1.16. The van der Waals surface area contributed by atoms with Crippen LogP contribution >= 0.6 is 11.3 Å². The largest absolute Gasteiger partial charge is 0.335 e. The highest BCUT2D eigenvalue weighted by molar-refractivity contribution is 7.12. The standard InChI is InChI=1S/C14H19NO2S/c1-10-8-12(11(2)18-10)13(16)9-15-7-5-3-4-6-14(15)17/h8H,3-7,9H2,1-2H3. The summed E-state index contributed by atoms with van der Waals surface area (Å²) in [5.41, 5.74) is 0.787. The summed E-state index contributed by atoms with van der Waals surface area (Å²) in [6, 6.07) is 1.94. The Labute approximate surface area is 112 Å². The van der Waals surface area contributed by atoms with Crippen LogP contribution in [-0.4, -0.2) is 29.7 Å². The number of ketones is 1. The van der Waals surface area contributed by atoms with Crippen molar-refractivity contribution in [3.63, 3.8) is 0 Å². The Balaban J connectivity index is 2.06. The van der Waals surface area contributed by atoms with E-state index >= 15 is 0 Å². The molecule has 2 heterocycles. The van der Waals surface area contributed by atoms with Gasteiger partial charge >= 0.3 is 0 Å². The third-order valence-corrected chi connectivity index (χ3v) is 4.31. The maximum absolute atomic E-state index is 12.2. The molecule has 0 atom stereocenters. The van der Waals surface area contributed by atoms with Gasteiger partial charge < -0.3 is 4.90 Å². The minimum Gasteiger partial charge on any atom is -0.335 e. The minimum absolute atomic E-state index is 0.0760. The van der Waals surface area contributed by atoms with E-state index in [0.29, 0.717) is 6.42 Å². The molecule has 1 aliphatic rings. The quantitative estimate of drug-likeness (QED) is 0.788. The number of likely N-dealkylation sites (tertiary alicyclic amines) is 1. The van der Waals surface area contributed by atoms with Gasteiger partial charge in [0.1, 0.15) is 0 Å². The fourth-order valence-electron chi connectivity index (χ4n) is 2.37. The number of nitrogens with zero attached hydrogens (tertiary/aromatic N) is 1. The number of hydrogen-bond donors (Lipinski definition) is 0. The number of aryl methyl sites for hydroxylation is 2. The van der Waals surface area contributed by atoms with Gasteiger partial charge in [0.05, 0.1) is 6.54 Å². The van der Waals surface area contributed by atoms with Crippen molar-refractivity contribution in [2.75, 3.05) is 13.1 Å². The Bertz CT molecular complexity index is 464. The fraction of sp³-hybridized carbons (Fsp3) is 0.571. The number of amides is 1. The van der Waals surface area contributed by atoms with E-state index in [1.807, 2.05) is 19.9 Å². The van der Waals surface area contributed by atoms with Gasteiger partial charge in [0.25, 0.3) is 0 Å². The van der Waals surface area contributed by atoms with Crippen molar-refractivity contribution in [2.45, 2.75) is 39.5 Å². The van der Waals surface area contributed by atoms with Gasteiger partial charge in [0.2, 0.25) is 5.91 Å². The molecular formula is C14H19NO2S. The number of hydrogen-bond acceptors (Lipinski definition) is 3. The van der Waals surface area contributed by atoms with Gasteiger partial charge in [-0.1, -0.05) is 6.42 Å². The number of rotatable bonds is 3. The van der Waals surface area contributed by atoms with Crippen LogP contribution < -0.4 is 0 Å². The van der Waals surface area contributed by atoms with Crippen molar-refractivity contribution in [2.24, 2.45) is 0 Å². The summed E-state index contributed by atoms with van der Waals surface area (Å²) in [6.07, 6.45) is 3.66. The van der Waals surface area contributed by atoms with E-state index in [9.17, 15) is 9.59 Å². The monoisotopic (exact) mass is 265 g/mol. The van der Waals surface area contributed by atoms with Crippen LogP contribution in [0.25, 0.3) is 0 Å². The minimum atomic E-state index is 0.0760. The van der Waals surface area contributed by atoms with E-state index in [1.54, 1.807) is 16.2 Å². The zero-order chi connectivity index (χ0) is 13.1. The van der Waals surface area contributed by atoms with Crippen molar-refractivity contribution in [3.05, 3.63) is 21.4 Å². The fourth-order valence-corrected chi connectivity index (χ4v) is 3.31. The molecule has 18 heavy (non-hydrogen) atoms. The lowest BCUT2D eigenvalue weighted by molar-refractivity contribution is -0.130. The molecule has 2 rings (SSSR count). The molecule has 1 aliphatic heterocycles. The second-order valence-electron chi connectivity index (χ2n) is 4.88. The highest BCUT2D eigenvalue weighted by atomic mass is 32.1. The molecule has 0 aliphatic carbocycles. The lowest BCUT2D eigenvalue weighted by atomic mass is 10.1. The van der Waals surface area contributed by atoms with E-state index in [4.69, 9.17) is 0 Å². The predicted octanol–water partition coefficient (Wildman–Crippen LogP) is 2.95. The Kier molecular flexibility index (Phi) is 4.17. The molecule has 0 saturated carbocycles. The maximum atomic E-state index is 12.2. The first-order valence-corrected chi connectivity index (χ1v) is 7.27. The predicted molar refractivity (Wildman–Crippen MR) is 73.2 cm³/mol. The molecular weight excluding hydrogens is 246 g/mol. The van der Waals surface area contributed by atoms with E-state index in [0.717, 1.165) is 41.1 Å². The summed E-state index contributed by atoms with van der Waals surface area (Å²) in [6.45, 7) is 4.95. The number of thiophene rings is 1. The van der Waals surface area contributed by atoms with Gasteiger partial charge in [-0.25, -0.2) is 0 Å². The van der Waals surface area contributed by atoms with Gasteiger partial charge in [0, 0.05) is 28.3 Å². The molecule has 1 fully saturated rings. The highest BCUT2D eigenvalue weighted by Gasteiger charge is 2.21. The van der Waals surface area contributed by atoms with Gasteiger partial charge in [-0.2, -0.15) is 0 Å². The Morgan fingerprint density at radius 3 is 2.78 bits per heavy atom. The second-order valence-corrected chi connectivity index (χ2v) is 6.34. The van der Waals surface area contributed by atoms with Crippen LogP contribution in [0.1, 0.15) is 45.8 Å². The number of Topliss-reactive ketones (excluding diaryl/α,β-unsaturated/α-hetero) is 1. The number of carbonyl (C=O) groups is 2. The van der Waals surface area contributed by atoms with E-state index in [-0.39, 0.29) is 18.2 Å². The average Bonchev–Trinajstić information content (AvgIpc) is 2.52. The van der Waals surface area contributed by atoms with E-state index in [2.05, 4.69) is 0 Å². The summed E-state index contributed by atoms with van der Waals surface area (Å²) in [5.74, 6) is 0.206. The first-order valence-electron chi connectivity index (χ1n) is 6.46. The van der Waals surface area contributed by atoms with Crippen LogP contribution in [0, 0.1) is 13.8 Å². The molecule has 98 valence electrons. The summed E-state index contributed by atoms with van der Waals surface area (Å²) in [7, 11) is 0. The summed E-state index contributed by atoms with van der Waals surface area (Å²) in [5, 5.41) is 0. The van der Waals surface area contributed by atoms with Crippen molar-refractivity contribution in [1.29, 1.82) is 0 Å². The smallest absolute Gasteiger partial charge is 0.222 e. The third-order valence-electron chi connectivity index (χ3n) is 3.35. The molecule has 3 nitrogen and oxygen atoms in total. The molecule has 0 spiro atoms. The van der Waals surface area contributed by atoms with E-state index < -0.39 is 0 Å². The van der Waals surface area contributed by atoms with Crippen molar-refractivity contribution in [1.82, 2.24) is 4.90 Å². The molecule has 4 heteroatoms. The van der Waals surface area contributed by atoms with Crippen LogP contribution in [0.4, 0.5) is 0 Å². The van der Waals surface area contributed by atoms with Gasteiger partial charge in [-0.05, 0) is 32.8 Å². The molecule has 0 aromatic carbocycles. The van der Waals surface area contributed by atoms with E-state index in [1.165, 1.54) is 0 Å². The summed E-state index contributed by atoms with van der Waals surface area (Å²) < 4.78 is 0. The van der Waals surface area contributed by atoms with Crippen molar-refractivity contribution >= 4 is 23.0 Å². The topological polar surface area (TPSA) is 37.4 Å². The molecule has 0 bridgehead atoms. The summed E-state index contributed by atoms with van der Waals surface area (Å²) in [4.78, 5) is 28.0. The third kappa shape index (κ3) is 2.99. The van der Waals surface area contributed by atoms with Crippen molar-refractivity contribution < 1.29 is 9.59 Å². The second kappa shape index (κ2) is 5.65. The zero-order valence-corrected chi connectivity index (χ0v) is 11.8. The highest BCUT2D eigenvalue weighted by Crippen LogP contribution is 2.21. The average molecular weight is 265 g/mol. The van der Waals surface area contributed by atoms with Crippen LogP contribution in [0.15, 0.2) is 6.07 Å². The zero-order valence-electron chi connectivity index (χ0n) is 11.0. The lowest BCUT2D eigenvalue weighted by Crippen LogP contribution is -2.35. The molecule has 0 unspecified atom stereocenters. The van der Waals surface area contributed by atoms with Crippen LogP contribution in [0.3, 0.4) is 0 Å². The van der Waals surface area contributed by atoms with Crippen LogP contribution in [-0.2, 0) is 4.79 Å².